The Morgan fingerprint density at radius 2 is 1.44 bits per heavy atom. The van der Waals surface area contributed by atoms with E-state index in [1.165, 1.54) is 23.6 Å². The van der Waals surface area contributed by atoms with Crippen LogP contribution < -0.4 is 10.4 Å². The Balaban J connectivity index is 2.41. The Bertz CT molecular complexity index is 722. The number of methoxy groups -OCH3 is 1. The summed E-state index contributed by atoms with van der Waals surface area (Å²) < 4.78 is 11.5. The molecule has 2 aromatic rings. The molecule has 0 heterocycles. The van der Waals surface area contributed by atoms with Gasteiger partial charge in [-0.2, -0.15) is 0 Å². The molecular weight excluding hydrogens is 352 g/mol. The van der Waals surface area contributed by atoms with Crippen molar-refractivity contribution in [2.24, 2.45) is 0 Å². The average molecular weight is 383 g/mol. The van der Waals surface area contributed by atoms with Gasteiger partial charge in [-0.1, -0.05) is 87.0 Å². The molecule has 0 spiro atoms. The largest absolute Gasteiger partial charge is 0.466 e. The van der Waals surface area contributed by atoms with E-state index in [4.69, 9.17) is 9.16 Å². The van der Waals surface area contributed by atoms with Crippen LogP contribution in [0.25, 0.3) is 0 Å². The minimum atomic E-state index is -2.51. The molecule has 0 unspecified atom stereocenters. The van der Waals surface area contributed by atoms with Gasteiger partial charge in [-0.25, -0.2) is 4.79 Å². The predicted molar refractivity (Wildman–Crippen MR) is 114 cm³/mol. The molecule has 0 fully saturated rings. The summed E-state index contributed by atoms with van der Waals surface area (Å²) in [6.45, 7) is 9.28. The zero-order valence-corrected chi connectivity index (χ0v) is 18.0. The molecule has 0 saturated carbocycles. The fourth-order valence-corrected chi connectivity index (χ4v) is 8.02. The maximum atomic E-state index is 11.5. The zero-order valence-electron chi connectivity index (χ0n) is 17.0. The fourth-order valence-electron chi connectivity index (χ4n) is 3.46. The van der Waals surface area contributed by atoms with Crippen molar-refractivity contribution in [2.45, 2.75) is 39.2 Å². The van der Waals surface area contributed by atoms with Crippen LogP contribution in [-0.2, 0) is 14.0 Å². The van der Waals surface area contributed by atoms with Crippen molar-refractivity contribution in [1.29, 1.82) is 0 Å². The van der Waals surface area contributed by atoms with Crippen molar-refractivity contribution in [3.8, 4) is 0 Å². The van der Waals surface area contributed by atoms with Crippen molar-refractivity contribution in [3.63, 3.8) is 0 Å². The molecule has 2 rings (SSSR count). The zero-order chi connectivity index (χ0) is 19.9. The summed E-state index contributed by atoms with van der Waals surface area (Å²) >= 11 is 0. The lowest BCUT2D eigenvalue weighted by Crippen LogP contribution is -2.66. The van der Waals surface area contributed by atoms with E-state index in [-0.39, 0.29) is 11.0 Å². The number of hydrogen-bond donors (Lipinski definition) is 0. The molecule has 0 aliphatic rings. The highest BCUT2D eigenvalue weighted by Gasteiger charge is 2.49. The quantitative estimate of drug-likeness (QED) is 0.411. The third-order valence-electron chi connectivity index (χ3n) is 4.80. The molecule has 0 N–H and O–H groups in total. The second-order valence-electron chi connectivity index (χ2n) is 7.78. The van der Waals surface area contributed by atoms with Crippen LogP contribution in [0, 0.1) is 0 Å². The Kier molecular flexibility index (Phi) is 7.16. The molecule has 0 aliphatic carbocycles. The van der Waals surface area contributed by atoms with E-state index in [2.05, 4.69) is 69.3 Å². The molecule has 4 heteroatoms. The molecule has 0 bridgehead atoms. The second kappa shape index (κ2) is 9.15. The minimum absolute atomic E-state index is 0.0460. The van der Waals surface area contributed by atoms with Crippen LogP contribution in [0.2, 0.25) is 5.04 Å². The second-order valence-corrected chi connectivity index (χ2v) is 12.1. The van der Waals surface area contributed by atoms with Gasteiger partial charge in [0, 0.05) is 12.7 Å². The first kappa shape index (κ1) is 21.1. The highest BCUT2D eigenvalue weighted by Crippen LogP contribution is 2.36. The lowest BCUT2D eigenvalue weighted by Gasteiger charge is -2.43. The first-order valence-electron chi connectivity index (χ1n) is 9.31. The van der Waals surface area contributed by atoms with E-state index < -0.39 is 8.32 Å². The van der Waals surface area contributed by atoms with E-state index >= 15 is 0 Å². The standard InChI is InChI=1S/C23H30O3Si/c1-19(18-22(24)25-5)16-17-26-27(23(2,3)4,20-12-8-6-9-13-20)21-14-10-7-11-15-21/h6-15,18H,16-17H2,1-5H3. The number of carbonyl (C=O) groups excluding carboxylic acids is 1. The molecule has 0 amide bonds. The fraction of sp³-hybridized carbons (Fsp3) is 0.348. The molecule has 0 aromatic heterocycles. The van der Waals surface area contributed by atoms with Crippen LogP contribution in [0.1, 0.15) is 34.1 Å². The minimum Gasteiger partial charge on any atom is -0.466 e. The number of rotatable bonds is 7. The van der Waals surface area contributed by atoms with Gasteiger partial charge in [0.05, 0.1) is 7.11 Å². The normalized spacial score (nSPS) is 12.7. The monoisotopic (exact) mass is 382 g/mol. The van der Waals surface area contributed by atoms with E-state index in [0.717, 1.165) is 5.57 Å². The number of ether oxygens (including phenoxy) is 1. The van der Waals surface area contributed by atoms with Crippen molar-refractivity contribution >= 4 is 24.7 Å². The highest BCUT2D eigenvalue weighted by molar-refractivity contribution is 6.99. The summed E-state index contributed by atoms with van der Waals surface area (Å²) in [5.74, 6) is -0.321. The van der Waals surface area contributed by atoms with Gasteiger partial charge in [0.2, 0.25) is 0 Å². The Labute approximate surface area is 164 Å². The lowest BCUT2D eigenvalue weighted by molar-refractivity contribution is -0.134. The average Bonchev–Trinajstić information content (AvgIpc) is 2.65. The van der Waals surface area contributed by atoms with Crippen LogP contribution in [-0.4, -0.2) is 28.0 Å². The van der Waals surface area contributed by atoms with Crippen LogP contribution in [0.15, 0.2) is 72.3 Å². The number of esters is 1. The first-order valence-corrected chi connectivity index (χ1v) is 11.2. The number of carbonyl (C=O) groups is 1. The summed E-state index contributed by atoms with van der Waals surface area (Å²) in [4.78, 5) is 11.5. The summed E-state index contributed by atoms with van der Waals surface area (Å²) in [5, 5.41) is 2.48. The predicted octanol–water partition coefficient (Wildman–Crippen LogP) is 4.07. The molecule has 0 atom stereocenters. The number of hydrogen-bond acceptors (Lipinski definition) is 3. The van der Waals surface area contributed by atoms with Gasteiger partial charge >= 0.3 is 5.97 Å². The van der Waals surface area contributed by atoms with Crippen molar-refractivity contribution < 1.29 is 14.0 Å². The van der Waals surface area contributed by atoms with E-state index in [1.807, 2.05) is 19.1 Å². The van der Waals surface area contributed by atoms with Gasteiger partial charge in [0.1, 0.15) is 0 Å². The molecule has 144 valence electrons. The van der Waals surface area contributed by atoms with E-state index in [0.29, 0.717) is 13.0 Å². The first-order chi connectivity index (χ1) is 12.8. The number of benzene rings is 2. The summed E-state index contributed by atoms with van der Waals surface area (Å²) in [5.41, 5.74) is 0.958. The van der Waals surface area contributed by atoms with Crippen molar-refractivity contribution in [1.82, 2.24) is 0 Å². The van der Waals surface area contributed by atoms with Crippen LogP contribution in [0.4, 0.5) is 0 Å². The third kappa shape index (κ3) is 4.96. The van der Waals surface area contributed by atoms with Gasteiger partial charge in [0.25, 0.3) is 8.32 Å². The lowest BCUT2D eigenvalue weighted by atomic mass is 10.2. The maximum absolute atomic E-state index is 11.5. The SMILES string of the molecule is COC(=O)C=C(C)CCO[Si](c1ccccc1)(c1ccccc1)C(C)(C)C. The van der Waals surface area contributed by atoms with E-state index in [9.17, 15) is 4.79 Å². The maximum Gasteiger partial charge on any atom is 0.330 e. The van der Waals surface area contributed by atoms with Gasteiger partial charge in [-0.15, -0.1) is 0 Å². The molecule has 0 saturated heterocycles. The van der Waals surface area contributed by atoms with Crippen molar-refractivity contribution in [2.75, 3.05) is 13.7 Å². The van der Waals surface area contributed by atoms with Gasteiger partial charge < -0.3 is 9.16 Å². The van der Waals surface area contributed by atoms with E-state index in [1.54, 1.807) is 0 Å². The summed E-state index contributed by atoms with van der Waals surface area (Å²) in [6, 6.07) is 21.1. The van der Waals surface area contributed by atoms with Gasteiger partial charge in [-0.3, -0.25) is 0 Å². The molecular formula is C23H30O3Si. The molecule has 0 aliphatic heterocycles. The van der Waals surface area contributed by atoms with Crippen LogP contribution in [0.3, 0.4) is 0 Å². The molecule has 2 aromatic carbocycles. The molecule has 3 nitrogen and oxygen atoms in total. The molecule has 0 radical (unpaired) electrons. The highest BCUT2D eigenvalue weighted by atomic mass is 28.4. The Morgan fingerprint density at radius 3 is 1.85 bits per heavy atom. The Hall–Kier alpha value is -2.17. The van der Waals surface area contributed by atoms with Gasteiger partial charge in [-0.05, 0) is 28.8 Å². The Morgan fingerprint density at radius 1 is 0.963 bits per heavy atom. The van der Waals surface area contributed by atoms with Crippen molar-refractivity contribution in [3.05, 3.63) is 72.3 Å². The van der Waals surface area contributed by atoms with Crippen LogP contribution >= 0.6 is 0 Å². The molecule has 27 heavy (non-hydrogen) atoms. The third-order valence-corrected chi connectivity index (χ3v) is 9.84. The topological polar surface area (TPSA) is 35.5 Å². The smallest absolute Gasteiger partial charge is 0.330 e. The van der Waals surface area contributed by atoms with Crippen LogP contribution in [0.5, 0.6) is 0 Å². The summed E-state index contributed by atoms with van der Waals surface area (Å²) in [7, 11) is -1.11. The van der Waals surface area contributed by atoms with Gasteiger partial charge in [0.15, 0.2) is 0 Å². The summed E-state index contributed by atoms with van der Waals surface area (Å²) in [6.07, 6.45) is 2.23.